The van der Waals surface area contributed by atoms with Gasteiger partial charge in [0, 0.05) is 29.5 Å². The van der Waals surface area contributed by atoms with Gasteiger partial charge < -0.3 is 0 Å². The van der Waals surface area contributed by atoms with Crippen LogP contribution in [0.15, 0.2) is 24.0 Å². The summed E-state index contributed by atoms with van der Waals surface area (Å²) in [6.45, 7) is 0. The number of rotatable bonds is 1. The third-order valence-corrected chi connectivity index (χ3v) is 2.12. The van der Waals surface area contributed by atoms with E-state index in [-0.39, 0.29) is 0 Å². The zero-order chi connectivity index (χ0) is 8.39. The second kappa shape index (κ2) is 2.94. The minimum atomic E-state index is -0.713. The molecular formula is C7H4FN3S. The smallest absolute Gasteiger partial charge is 0.244 e. The van der Waals surface area contributed by atoms with E-state index in [1.165, 1.54) is 23.7 Å². The fourth-order valence-corrected chi connectivity index (χ4v) is 1.40. The molecule has 0 spiro atoms. The monoisotopic (exact) mass is 181 g/mol. The van der Waals surface area contributed by atoms with Crippen molar-refractivity contribution in [3.8, 4) is 10.6 Å². The highest BCUT2D eigenvalue weighted by atomic mass is 32.1. The van der Waals surface area contributed by atoms with E-state index in [0.29, 0.717) is 0 Å². The summed E-state index contributed by atoms with van der Waals surface area (Å²) in [6, 6.07) is 0. The Kier molecular flexibility index (Phi) is 1.79. The topological polar surface area (TPSA) is 38.7 Å². The minimum Gasteiger partial charge on any atom is -0.244 e. The summed E-state index contributed by atoms with van der Waals surface area (Å²) >= 11 is 1.47. The molecule has 0 N–H and O–H groups in total. The number of hydrogen-bond donors (Lipinski definition) is 0. The Morgan fingerprint density at radius 3 is 2.50 bits per heavy atom. The van der Waals surface area contributed by atoms with Gasteiger partial charge in [-0.05, 0) is 0 Å². The highest BCUT2D eigenvalue weighted by Crippen LogP contribution is 2.18. The highest BCUT2D eigenvalue weighted by molar-refractivity contribution is 7.13. The lowest BCUT2D eigenvalue weighted by Crippen LogP contribution is -1.87. The van der Waals surface area contributed by atoms with Crippen LogP contribution in [0, 0.1) is 6.08 Å². The molecule has 0 aromatic carbocycles. The van der Waals surface area contributed by atoms with E-state index >= 15 is 0 Å². The van der Waals surface area contributed by atoms with Crippen molar-refractivity contribution in [1.29, 1.82) is 0 Å². The zero-order valence-corrected chi connectivity index (χ0v) is 6.75. The van der Waals surface area contributed by atoms with Gasteiger partial charge in [-0.15, -0.1) is 11.3 Å². The first-order valence-corrected chi connectivity index (χ1v) is 4.11. The molecular weight excluding hydrogens is 177 g/mol. The van der Waals surface area contributed by atoms with E-state index in [4.69, 9.17) is 0 Å². The normalized spacial score (nSPS) is 10.1. The average Bonchev–Trinajstić information content (AvgIpc) is 2.58. The molecule has 0 amide bonds. The highest BCUT2D eigenvalue weighted by Gasteiger charge is 2.00. The molecule has 2 aromatic heterocycles. The third kappa shape index (κ3) is 1.31. The zero-order valence-electron chi connectivity index (χ0n) is 5.94. The maximum atomic E-state index is 12.3. The first-order chi connectivity index (χ1) is 5.86. The van der Waals surface area contributed by atoms with Crippen LogP contribution in [0.4, 0.5) is 4.39 Å². The van der Waals surface area contributed by atoms with Crippen molar-refractivity contribution in [3.63, 3.8) is 0 Å². The molecule has 0 radical (unpaired) electrons. The third-order valence-electron chi connectivity index (χ3n) is 1.30. The quantitative estimate of drug-likeness (QED) is 0.629. The van der Waals surface area contributed by atoms with Crippen LogP contribution in [0.5, 0.6) is 0 Å². The molecule has 3 nitrogen and oxygen atoms in total. The van der Waals surface area contributed by atoms with Crippen molar-refractivity contribution in [2.24, 2.45) is 0 Å². The Hall–Kier alpha value is -1.36. The number of thiazole rings is 1. The van der Waals surface area contributed by atoms with Crippen LogP contribution < -0.4 is 0 Å². The molecule has 0 unspecified atom stereocenters. The predicted molar refractivity (Wildman–Crippen MR) is 43.1 cm³/mol. The van der Waals surface area contributed by atoms with Crippen molar-refractivity contribution in [2.75, 3.05) is 0 Å². The molecule has 0 aliphatic carbocycles. The summed E-state index contributed by atoms with van der Waals surface area (Å²) in [4.78, 5) is 10.9. The SMILES string of the molecule is Fc1ncc(-c2nccs2)cn1. The van der Waals surface area contributed by atoms with E-state index in [0.717, 1.165) is 10.6 Å². The summed E-state index contributed by atoms with van der Waals surface area (Å²) in [6.07, 6.45) is 3.81. The Morgan fingerprint density at radius 1 is 1.17 bits per heavy atom. The van der Waals surface area contributed by atoms with E-state index in [9.17, 15) is 4.39 Å². The summed E-state index contributed by atoms with van der Waals surface area (Å²) < 4.78 is 12.3. The van der Waals surface area contributed by atoms with Crippen LogP contribution in [0.2, 0.25) is 0 Å². The maximum Gasteiger partial charge on any atom is 0.308 e. The van der Waals surface area contributed by atoms with Crippen LogP contribution in [-0.4, -0.2) is 15.0 Å². The van der Waals surface area contributed by atoms with Crippen molar-refractivity contribution < 1.29 is 4.39 Å². The maximum absolute atomic E-state index is 12.3. The standard InChI is InChI=1S/C7H4FN3S/c8-7-10-3-5(4-11-7)6-9-1-2-12-6/h1-4H. The fourth-order valence-electron chi connectivity index (χ4n) is 0.789. The van der Waals surface area contributed by atoms with Gasteiger partial charge in [0.1, 0.15) is 5.01 Å². The molecule has 0 aliphatic rings. The molecule has 2 aromatic rings. The van der Waals surface area contributed by atoms with E-state index in [1.54, 1.807) is 6.20 Å². The number of nitrogens with zero attached hydrogens (tertiary/aromatic N) is 3. The van der Waals surface area contributed by atoms with Crippen molar-refractivity contribution in [2.45, 2.75) is 0 Å². The predicted octanol–water partition coefficient (Wildman–Crippen LogP) is 1.74. The minimum absolute atomic E-state index is 0.713. The van der Waals surface area contributed by atoms with Gasteiger partial charge in [-0.2, -0.15) is 4.39 Å². The van der Waals surface area contributed by atoms with Crippen molar-refractivity contribution in [3.05, 3.63) is 30.0 Å². The second-order valence-corrected chi connectivity index (χ2v) is 2.97. The Labute approximate surface area is 72.0 Å². The molecule has 60 valence electrons. The summed E-state index contributed by atoms with van der Waals surface area (Å²) in [5.74, 6) is 0. The molecule has 0 aliphatic heterocycles. The second-order valence-electron chi connectivity index (χ2n) is 2.08. The number of aromatic nitrogens is 3. The van der Waals surface area contributed by atoms with Gasteiger partial charge >= 0.3 is 6.08 Å². The van der Waals surface area contributed by atoms with Gasteiger partial charge in [0.05, 0.1) is 0 Å². The summed E-state index contributed by atoms with van der Waals surface area (Å²) in [7, 11) is 0. The molecule has 12 heavy (non-hydrogen) atoms. The lowest BCUT2D eigenvalue weighted by Gasteiger charge is -1.92. The van der Waals surface area contributed by atoms with E-state index in [1.807, 2.05) is 5.38 Å². The molecule has 2 heterocycles. The Morgan fingerprint density at radius 2 is 1.92 bits per heavy atom. The lowest BCUT2D eigenvalue weighted by atomic mass is 10.4. The first-order valence-electron chi connectivity index (χ1n) is 3.23. The molecule has 0 saturated heterocycles. The van der Waals surface area contributed by atoms with Gasteiger partial charge in [-0.1, -0.05) is 0 Å². The van der Waals surface area contributed by atoms with Crippen LogP contribution in [0.25, 0.3) is 10.6 Å². The molecule has 0 fully saturated rings. The van der Waals surface area contributed by atoms with Crippen LogP contribution in [0.1, 0.15) is 0 Å². The van der Waals surface area contributed by atoms with Crippen LogP contribution in [-0.2, 0) is 0 Å². The first kappa shape index (κ1) is 7.30. The van der Waals surface area contributed by atoms with Gasteiger partial charge in [-0.25, -0.2) is 15.0 Å². The van der Waals surface area contributed by atoms with Crippen LogP contribution >= 0.6 is 11.3 Å². The Bertz CT molecular complexity index is 357. The number of hydrogen-bond acceptors (Lipinski definition) is 4. The van der Waals surface area contributed by atoms with Gasteiger partial charge in [0.15, 0.2) is 0 Å². The average molecular weight is 181 g/mol. The van der Waals surface area contributed by atoms with Gasteiger partial charge in [0.2, 0.25) is 0 Å². The summed E-state index contributed by atoms with van der Waals surface area (Å²) in [5.41, 5.74) is 0.742. The number of halogens is 1. The molecule has 0 bridgehead atoms. The fraction of sp³-hybridized carbons (Fsp3) is 0. The Balaban J connectivity index is 2.43. The van der Waals surface area contributed by atoms with E-state index < -0.39 is 6.08 Å². The van der Waals surface area contributed by atoms with Crippen LogP contribution in [0.3, 0.4) is 0 Å². The largest absolute Gasteiger partial charge is 0.308 e. The van der Waals surface area contributed by atoms with Gasteiger partial charge in [-0.3, -0.25) is 0 Å². The molecule has 2 rings (SSSR count). The molecule has 0 saturated carbocycles. The van der Waals surface area contributed by atoms with E-state index in [2.05, 4.69) is 15.0 Å². The molecule has 5 heteroatoms. The summed E-state index contributed by atoms with van der Waals surface area (Å²) in [5, 5.41) is 2.65. The lowest BCUT2D eigenvalue weighted by molar-refractivity contribution is 0.539. The van der Waals surface area contributed by atoms with Gasteiger partial charge in [0.25, 0.3) is 0 Å². The van der Waals surface area contributed by atoms with Crippen molar-refractivity contribution >= 4 is 11.3 Å². The molecule has 0 atom stereocenters. The van der Waals surface area contributed by atoms with Crippen molar-refractivity contribution in [1.82, 2.24) is 15.0 Å².